The Morgan fingerprint density at radius 1 is 1.43 bits per heavy atom. The van der Waals surface area contributed by atoms with Gasteiger partial charge in [0, 0.05) is 0 Å². The maximum absolute atomic E-state index is 10.2. The van der Waals surface area contributed by atoms with Crippen LogP contribution in [0.2, 0.25) is 0 Å². The monoisotopic (exact) mass is 127 g/mol. The molecule has 0 aliphatic rings. The van der Waals surface area contributed by atoms with Crippen molar-refractivity contribution in [3.63, 3.8) is 0 Å². The van der Waals surface area contributed by atoms with E-state index in [0.29, 0.717) is 0 Å². The Morgan fingerprint density at radius 2 is 1.57 bits per heavy atom. The zero-order valence-electron chi connectivity index (χ0n) is 5.43. The van der Waals surface area contributed by atoms with Crippen LogP contribution in [0, 0.1) is 0 Å². The summed E-state index contributed by atoms with van der Waals surface area (Å²) in [6.07, 6.45) is -0.565. The number of hydrogen-bond acceptors (Lipinski definition) is 2. The van der Waals surface area contributed by atoms with E-state index >= 15 is 0 Å². The summed E-state index contributed by atoms with van der Waals surface area (Å²) in [6, 6.07) is 0. The van der Waals surface area contributed by atoms with E-state index in [1.54, 1.807) is 25.9 Å². The van der Waals surface area contributed by atoms with Crippen molar-refractivity contribution in [2.24, 2.45) is 0 Å². The summed E-state index contributed by atoms with van der Waals surface area (Å²) in [5, 5.41) is 10.2. The molecule has 0 aromatic rings. The van der Waals surface area contributed by atoms with E-state index < -0.39 is 6.23 Å². The minimum Gasteiger partial charge on any atom is -0.841 e. The molecule has 0 rings (SSSR count). The van der Waals surface area contributed by atoms with Crippen LogP contribution in [0.4, 0.5) is 0 Å². The minimum atomic E-state index is -0.565. The quantitative estimate of drug-likeness (QED) is 0.267. The molecule has 7 heavy (non-hydrogen) atoms. The van der Waals surface area contributed by atoms with Gasteiger partial charge >= 0.3 is 51.4 Å². The van der Waals surface area contributed by atoms with E-state index in [2.05, 4.69) is 0 Å². The molecule has 0 aliphatic heterocycles. The molecule has 1 unspecified atom stereocenters. The molecule has 0 N–H and O–H groups in total. The molecule has 0 aromatic heterocycles. The fraction of sp³-hybridized carbons (Fsp3) is 1.00. The normalized spacial score (nSPS) is 13.3. The Morgan fingerprint density at radius 3 is 1.57 bits per heavy atom. The van der Waals surface area contributed by atoms with Crippen molar-refractivity contribution in [2.45, 2.75) is 13.2 Å². The first-order chi connectivity index (χ1) is 2.64. The topological polar surface area (TPSA) is 26.3 Å². The van der Waals surface area contributed by atoms with Gasteiger partial charge in [-0.1, -0.05) is 13.2 Å². The number of nitrogens with zero attached hydrogens (tertiary/aromatic N) is 1. The zero-order valence-corrected chi connectivity index (χ0v) is 8.56. The van der Waals surface area contributed by atoms with Crippen molar-refractivity contribution in [1.82, 2.24) is 4.90 Å². The predicted molar refractivity (Wildman–Crippen MR) is 23.1 cm³/mol. The van der Waals surface area contributed by atoms with Gasteiger partial charge in [-0.2, -0.15) is 0 Å². The summed E-state index contributed by atoms with van der Waals surface area (Å²) in [7, 11) is 3.52. The molecule has 0 heterocycles. The van der Waals surface area contributed by atoms with Gasteiger partial charge in [0.05, 0.1) is 0 Å². The summed E-state index contributed by atoms with van der Waals surface area (Å²) in [5.74, 6) is 0. The second-order valence-corrected chi connectivity index (χ2v) is 1.56. The van der Waals surface area contributed by atoms with Crippen molar-refractivity contribution in [1.29, 1.82) is 0 Å². The van der Waals surface area contributed by atoms with Crippen LogP contribution in [0.1, 0.15) is 6.92 Å². The van der Waals surface area contributed by atoms with Crippen LogP contribution in [0.25, 0.3) is 0 Å². The first kappa shape index (κ1) is 11.4. The van der Waals surface area contributed by atoms with E-state index in [1.807, 2.05) is 0 Å². The summed E-state index contributed by atoms with van der Waals surface area (Å²) in [6.45, 7) is 1.61. The molecule has 0 radical (unpaired) electrons. The van der Waals surface area contributed by atoms with Gasteiger partial charge in [-0.3, -0.25) is 0 Å². The van der Waals surface area contributed by atoms with Gasteiger partial charge < -0.3 is 10.0 Å². The van der Waals surface area contributed by atoms with Gasteiger partial charge in [-0.15, -0.1) is 0 Å². The molecule has 2 nitrogen and oxygen atoms in total. The second-order valence-electron chi connectivity index (χ2n) is 1.56. The summed E-state index contributed by atoms with van der Waals surface area (Å²) < 4.78 is 0. The standard InChI is InChI=1S/C4H10NO.K/c1-4(6)5(2)3;/h4H,1-3H3;/q-1;+1. The number of rotatable bonds is 1. The van der Waals surface area contributed by atoms with E-state index in [0.717, 1.165) is 0 Å². The molecule has 3 heteroatoms. The molecule has 0 spiro atoms. The summed E-state index contributed by atoms with van der Waals surface area (Å²) >= 11 is 0. The van der Waals surface area contributed by atoms with Crippen molar-refractivity contribution in [2.75, 3.05) is 14.1 Å². The van der Waals surface area contributed by atoms with Gasteiger partial charge in [0.1, 0.15) is 0 Å². The van der Waals surface area contributed by atoms with Crippen LogP contribution in [-0.2, 0) is 0 Å². The molecule has 0 aliphatic carbocycles. The summed E-state index contributed by atoms with van der Waals surface area (Å²) in [5.41, 5.74) is 0. The van der Waals surface area contributed by atoms with Crippen LogP contribution >= 0.6 is 0 Å². The molecule has 1 atom stereocenters. The fourth-order valence-electron chi connectivity index (χ4n) is 0. The maximum Gasteiger partial charge on any atom is 1.00 e. The Bertz CT molecular complexity index is 32.7. The molecule has 0 amide bonds. The molecular formula is C4H10KNO. The molecule has 0 fully saturated rings. The van der Waals surface area contributed by atoms with Crippen LogP contribution in [-0.4, -0.2) is 25.2 Å². The molecule has 0 saturated carbocycles. The van der Waals surface area contributed by atoms with E-state index in [-0.39, 0.29) is 51.4 Å². The average Bonchev–Trinajstić information content (AvgIpc) is 1.36. The van der Waals surface area contributed by atoms with Gasteiger partial charge in [0.2, 0.25) is 0 Å². The fourth-order valence-corrected chi connectivity index (χ4v) is 0. The van der Waals surface area contributed by atoms with Crippen molar-refractivity contribution < 1.29 is 56.5 Å². The average molecular weight is 127 g/mol. The first-order valence-corrected chi connectivity index (χ1v) is 1.97. The second kappa shape index (κ2) is 5.69. The van der Waals surface area contributed by atoms with Gasteiger partial charge in [-0.25, -0.2) is 0 Å². The Kier molecular flexibility index (Phi) is 9.24. The maximum atomic E-state index is 10.2. The van der Waals surface area contributed by atoms with Gasteiger partial charge in [-0.05, 0) is 14.1 Å². The van der Waals surface area contributed by atoms with Crippen molar-refractivity contribution >= 4 is 0 Å². The van der Waals surface area contributed by atoms with E-state index in [4.69, 9.17) is 0 Å². The molecule has 0 bridgehead atoms. The van der Waals surface area contributed by atoms with Crippen LogP contribution in [0.15, 0.2) is 0 Å². The molecule has 38 valence electrons. The van der Waals surface area contributed by atoms with Crippen LogP contribution < -0.4 is 56.5 Å². The smallest absolute Gasteiger partial charge is 0.841 e. The van der Waals surface area contributed by atoms with E-state index in [1.165, 1.54) is 0 Å². The largest absolute Gasteiger partial charge is 1.00 e. The third kappa shape index (κ3) is 7.56. The third-order valence-electron chi connectivity index (χ3n) is 0.727. The van der Waals surface area contributed by atoms with Crippen LogP contribution in [0.5, 0.6) is 0 Å². The van der Waals surface area contributed by atoms with Gasteiger partial charge in [0.25, 0.3) is 0 Å². The molecule has 0 aromatic carbocycles. The van der Waals surface area contributed by atoms with Crippen molar-refractivity contribution in [3.8, 4) is 0 Å². The zero-order chi connectivity index (χ0) is 5.15. The third-order valence-corrected chi connectivity index (χ3v) is 0.727. The van der Waals surface area contributed by atoms with Gasteiger partial charge in [0.15, 0.2) is 0 Å². The SMILES string of the molecule is CC([O-])N(C)C.[K+]. The Hall–Kier alpha value is 1.56. The summed E-state index contributed by atoms with van der Waals surface area (Å²) in [4.78, 5) is 1.61. The Balaban J connectivity index is 0. The van der Waals surface area contributed by atoms with Crippen LogP contribution in [0.3, 0.4) is 0 Å². The molecule has 0 saturated heterocycles. The van der Waals surface area contributed by atoms with Crippen molar-refractivity contribution in [3.05, 3.63) is 0 Å². The number of hydrogen-bond donors (Lipinski definition) is 0. The first-order valence-electron chi connectivity index (χ1n) is 1.97. The van der Waals surface area contributed by atoms with E-state index in [9.17, 15) is 5.11 Å². The predicted octanol–water partition coefficient (Wildman–Crippen LogP) is -3.74. The Labute approximate surface area is 87.3 Å². The molecular weight excluding hydrogens is 117 g/mol. The minimum absolute atomic E-state index is 0.